The van der Waals surface area contributed by atoms with E-state index in [9.17, 15) is 9.59 Å². The SMILES string of the molecule is C/C=C(C#N)\C=C(/C)Cn1cc(-c2ccco2)c(=O)[nH]c1=O. The minimum atomic E-state index is -0.507. The molecule has 2 heterocycles. The number of nitrogens with zero attached hydrogens (tertiary/aromatic N) is 2. The van der Waals surface area contributed by atoms with Crippen molar-refractivity contribution in [1.29, 1.82) is 5.26 Å². The first-order valence-corrected chi connectivity index (χ1v) is 6.66. The maximum atomic E-state index is 11.9. The fourth-order valence-electron chi connectivity index (χ4n) is 1.99. The van der Waals surface area contributed by atoms with Gasteiger partial charge >= 0.3 is 5.69 Å². The lowest BCUT2D eigenvalue weighted by molar-refractivity contribution is 0.578. The lowest BCUT2D eigenvalue weighted by Gasteiger charge is -2.07. The molecule has 0 aliphatic rings. The molecule has 1 N–H and O–H groups in total. The number of aromatic amines is 1. The minimum Gasteiger partial charge on any atom is -0.464 e. The lowest BCUT2D eigenvalue weighted by Crippen LogP contribution is -2.30. The molecule has 2 aromatic rings. The Hall–Kier alpha value is -3.07. The Bertz CT molecular complexity index is 875. The summed E-state index contributed by atoms with van der Waals surface area (Å²) < 4.78 is 6.57. The molecule has 0 saturated heterocycles. The summed E-state index contributed by atoms with van der Waals surface area (Å²) in [5.41, 5.74) is 0.607. The predicted molar refractivity (Wildman–Crippen MR) is 82.2 cm³/mol. The smallest absolute Gasteiger partial charge is 0.328 e. The molecule has 22 heavy (non-hydrogen) atoms. The number of nitriles is 1. The van der Waals surface area contributed by atoms with Crippen LogP contribution in [0.3, 0.4) is 0 Å². The zero-order valence-electron chi connectivity index (χ0n) is 12.3. The van der Waals surface area contributed by atoms with Crippen LogP contribution in [0.15, 0.2) is 61.9 Å². The maximum absolute atomic E-state index is 11.9. The van der Waals surface area contributed by atoms with E-state index in [1.165, 1.54) is 17.0 Å². The highest BCUT2D eigenvalue weighted by Gasteiger charge is 2.09. The zero-order valence-corrected chi connectivity index (χ0v) is 12.3. The Morgan fingerprint density at radius 2 is 2.27 bits per heavy atom. The highest BCUT2D eigenvalue weighted by molar-refractivity contribution is 5.54. The topological polar surface area (TPSA) is 91.8 Å². The third-order valence-corrected chi connectivity index (χ3v) is 3.06. The van der Waals surface area contributed by atoms with Gasteiger partial charge in [0.1, 0.15) is 5.76 Å². The Labute approximate surface area is 126 Å². The first-order chi connectivity index (χ1) is 10.5. The van der Waals surface area contributed by atoms with Crippen molar-refractivity contribution in [3.63, 3.8) is 0 Å². The molecule has 0 fully saturated rings. The Balaban J connectivity index is 2.41. The van der Waals surface area contributed by atoms with Crippen LogP contribution in [0.4, 0.5) is 0 Å². The van der Waals surface area contributed by atoms with Crippen LogP contribution in [-0.4, -0.2) is 9.55 Å². The van der Waals surface area contributed by atoms with Crippen LogP contribution in [0, 0.1) is 11.3 Å². The average molecular weight is 297 g/mol. The van der Waals surface area contributed by atoms with Gasteiger partial charge in [-0.05, 0) is 32.1 Å². The van der Waals surface area contributed by atoms with Crippen LogP contribution in [0.1, 0.15) is 13.8 Å². The molecule has 0 spiro atoms. The van der Waals surface area contributed by atoms with Crippen LogP contribution < -0.4 is 11.2 Å². The molecule has 2 rings (SSSR count). The molecular formula is C16H15N3O3. The molecule has 0 bridgehead atoms. The fraction of sp³-hybridized carbons (Fsp3) is 0.188. The Morgan fingerprint density at radius 3 is 2.86 bits per heavy atom. The molecule has 0 amide bonds. The highest BCUT2D eigenvalue weighted by Crippen LogP contribution is 2.14. The number of H-pyrrole nitrogens is 1. The number of hydrogen-bond donors (Lipinski definition) is 1. The standard InChI is InChI=1S/C16H15N3O3/c1-3-12(8-17)7-11(2)9-19-10-13(14-5-4-6-22-14)15(20)18-16(19)21/h3-7,10H,9H2,1-2H3,(H,18,20,21)/b11-7+,12-3+. The van der Waals surface area contributed by atoms with Crippen molar-refractivity contribution in [3.8, 4) is 17.4 Å². The van der Waals surface area contributed by atoms with Crippen LogP contribution in [-0.2, 0) is 6.54 Å². The number of aromatic nitrogens is 2. The van der Waals surface area contributed by atoms with Crippen molar-refractivity contribution in [3.05, 3.63) is 68.7 Å². The van der Waals surface area contributed by atoms with E-state index in [0.717, 1.165) is 5.57 Å². The monoisotopic (exact) mass is 297 g/mol. The molecule has 112 valence electrons. The van der Waals surface area contributed by atoms with E-state index >= 15 is 0 Å². The van der Waals surface area contributed by atoms with Gasteiger partial charge in [-0.1, -0.05) is 11.6 Å². The fourth-order valence-corrected chi connectivity index (χ4v) is 1.99. The Kier molecular flexibility index (Phi) is 4.59. The lowest BCUT2D eigenvalue weighted by atomic mass is 10.2. The largest absolute Gasteiger partial charge is 0.464 e. The third-order valence-electron chi connectivity index (χ3n) is 3.06. The second kappa shape index (κ2) is 6.59. The number of furan rings is 1. The van der Waals surface area contributed by atoms with Gasteiger partial charge in [0.15, 0.2) is 0 Å². The van der Waals surface area contributed by atoms with Crippen molar-refractivity contribution in [2.45, 2.75) is 20.4 Å². The summed E-state index contributed by atoms with van der Waals surface area (Å²) in [6.45, 7) is 3.84. The van der Waals surface area contributed by atoms with Gasteiger partial charge in [0.25, 0.3) is 5.56 Å². The summed E-state index contributed by atoms with van der Waals surface area (Å²) in [6, 6.07) is 5.37. The van der Waals surface area contributed by atoms with Gasteiger partial charge in [-0.3, -0.25) is 14.3 Å². The molecule has 0 atom stereocenters. The van der Waals surface area contributed by atoms with Gasteiger partial charge in [0.2, 0.25) is 0 Å². The van der Waals surface area contributed by atoms with Crippen molar-refractivity contribution < 1.29 is 4.42 Å². The van der Waals surface area contributed by atoms with Gasteiger partial charge in [-0.2, -0.15) is 5.26 Å². The first kappa shape index (κ1) is 15.3. The van der Waals surface area contributed by atoms with E-state index in [0.29, 0.717) is 11.3 Å². The summed E-state index contributed by atoms with van der Waals surface area (Å²) in [5, 5.41) is 8.91. The van der Waals surface area contributed by atoms with Gasteiger partial charge in [0, 0.05) is 18.3 Å². The van der Waals surface area contributed by atoms with Crippen LogP contribution in [0.2, 0.25) is 0 Å². The second-order valence-corrected chi connectivity index (χ2v) is 4.75. The zero-order chi connectivity index (χ0) is 16.1. The molecule has 0 aliphatic heterocycles. The van der Waals surface area contributed by atoms with E-state index in [1.54, 1.807) is 31.2 Å². The average Bonchev–Trinajstić information content (AvgIpc) is 3.01. The Morgan fingerprint density at radius 1 is 1.50 bits per heavy atom. The molecule has 0 radical (unpaired) electrons. The summed E-state index contributed by atoms with van der Waals surface area (Å²) in [7, 11) is 0. The normalized spacial score (nSPS) is 12.2. The van der Waals surface area contributed by atoms with E-state index in [4.69, 9.17) is 9.68 Å². The summed E-state index contributed by atoms with van der Waals surface area (Å²) in [5.74, 6) is 0.391. The van der Waals surface area contributed by atoms with Crippen LogP contribution in [0.5, 0.6) is 0 Å². The molecule has 0 aliphatic carbocycles. The van der Waals surface area contributed by atoms with Gasteiger partial charge < -0.3 is 4.42 Å². The third kappa shape index (κ3) is 3.33. The van der Waals surface area contributed by atoms with Crippen molar-refractivity contribution in [2.24, 2.45) is 0 Å². The second-order valence-electron chi connectivity index (χ2n) is 4.75. The van der Waals surface area contributed by atoms with E-state index in [2.05, 4.69) is 11.1 Å². The van der Waals surface area contributed by atoms with Crippen LogP contribution in [0.25, 0.3) is 11.3 Å². The van der Waals surface area contributed by atoms with E-state index in [1.807, 2.05) is 6.92 Å². The molecular weight excluding hydrogens is 282 g/mol. The van der Waals surface area contributed by atoms with E-state index < -0.39 is 11.2 Å². The number of nitrogens with one attached hydrogen (secondary N) is 1. The minimum absolute atomic E-state index is 0.266. The van der Waals surface area contributed by atoms with Gasteiger partial charge in [-0.15, -0.1) is 0 Å². The van der Waals surface area contributed by atoms with Crippen molar-refractivity contribution in [1.82, 2.24) is 9.55 Å². The van der Waals surface area contributed by atoms with Crippen molar-refractivity contribution >= 4 is 0 Å². The quantitative estimate of drug-likeness (QED) is 0.691. The summed E-state index contributed by atoms with van der Waals surface area (Å²) in [6.07, 6.45) is 6.30. The number of allylic oxidation sites excluding steroid dienone is 4. The number of rotatable bonds is 4. The maximum Gasteiger partial charge on any atom is 0.328 e. The molecule has 2 aromatic heterocycles. The van der Waals surface area contributed by atoms with Gasteiger partial charge in [-0.25, -0.2) is 4.79 Å². The molecule has 0 unspecified atom stereocenters. The predicted octanol–water partition coefficient (Wildman–Crippen LogP) is 2.21. The molecule has 6 heteroatoms. The van der Waals surface area contributed by atoms with Crippen LogP contribution >= 0.6 is 0 Å². The highest BCUT2D eigenvalue weighted by atomic mass is 16.3. The molecule has 6 nitrogen and oxygen atoms in total. The molecule has 0 saturated carbocycles. The number of hydrogen-bond acceptors (Lipinski definition) is 4. The molecule has 0 aromatic carbocycles. The summed E-state index contributed by atoms with van der Waals surface area (Å²) in [4.78, 5) is 26.0. The van der Waals surface area contributed by atoms with E-state index in [-0.39, 0.29) is 12.1 Å². The van der Waals surface area contributed by atoms with Crippen molar-refractivity contribution in [2.75, 3.05) is 0 Å². The summed E-state index contributed by atoms with van der Waals surface area (Å²) >= 11 is 0. The van der Waals surface area contributed by atoms with Gasteiger partial charge in [0.05, 0.1) is 17.9 Å². The first-order valence-electron chi connectivity index (χ1n) is 6.66.